The summed E-state index contributed by atoms with van der Waals surface area (Å²) in [7, 11) is 0. The van der Waals surface area contributed by atoms with Gasteiger partial charge in [-0.15, -0.1) is 0 Å². The number of allylic oxidation sites excluding steroid dienone is 1. The van der Waals surface area contributed by atoms with E-state index in [1.807, 2.05) is 0 Å². The summed E-state index contributed by atoms with van der Waals surface area (Å²) < 4.78 is 1.12. The van der Waals surface area contributed by atoms with Crippen molar-refractivity contribution in [3.63, 3.8) is 0 Å². The molecule has 0 bridgehead atoms. The van der Waals surface area contributed by atoms with Crippen LogP contribution in [-0.4, -0.2) is 4.43 Å². The van der Waals surface area contributed by atoms with Crippen LogP contribution in [0.3, 0.4) is 0 Å². The minimum Gasteiger partial charge on any atom is -0.0991 e. The van der Waals surface area contributed by atoms with Crippen molar-refractivity contribution in [2.75, 3.05) is 4.43 Å². The van der Waals surface area contributed by atoms with E-state index >= 15 is 0 Å². The molecule has 0 fully saturated rings. The van der Waals surface area contributed by atoms with Gasteiger partial charge in [-0.3, -0.25) is 0 Å². The number of hydrogen-bond donors (Lipinski definition) is 0. The van der Waals surface area contributed by atoms with Gasteiger partial charge in [0.15, 0.2) is 0 Å². The fourth-order valence-electron chi connectivity index (χ4n) is 0.420. The molecule has 0 aromatic heterocycles. The maximum atomic E-state index is 3.86. The lowest BCUT2D eigenvalue weighted by atomic mass is 10.2. The normalized spacial score (nSPS) is 8.86. The topological polar surface area (TPSA) is 0 Å². The predicted molar refractivity (Wildman–Crippen MR) is 42.9 cm³/mol. The summed E-state index contributed by atoms with van der Waals surface area (Å²) in [6.07, 6.45) is 2.44. The first-order chi connectivity index (χ1) is 3.31. The smallest absolute Gasteiger partial charge is 0.0203 e. The van der Waals surface area contributed by atoms with Gasteiger partial charge in [0.2, 0.25) is 0 Å². The lowest BCUT2D eigenvalue weighted by molar-refractivity contribution is 0.916. The third-order valence-corrected chi connectivity index (χ3v) is 1.87. The molecule has 0 spiro atoms. The average molecular weight is 210 g/mol. The molecule has 0 saturated heterocycles. The Bertz CT molecular complexity index is 57.2. The molecule has 0 N–H and O–H groups in total. The van der Waals surface area contributed by atoms with Gasteiger partial charge >= 0.3 is 0 Å². The summed E-state index contributed by atoms with van der Waals surface area (Å²) in [5.74, 6) is 0. The van der Waals surface area contributed by atoms with E-state index < -0.39 is 0 Å². The second kappa shape index (κ2) is 4.62. The van der Waals surface area contributed by atoms with Gasteiger partial charge in [0, 0.05) is 4.43 Å². The van der Waals surface area contributed by atoms with E-state index in [-0.39, 0.29) is 0 Å². The maximum absolute atomic E-state index is 3.86. The maximum Gasteiger partial charge on any atom is 0.0203 e. The molecule has 0 aliphatic heterocycles. The Balaban J connectivity index is 3.00. The van der Waals surface area contributed by atoms with Crippen LogP contribution in [0.5, 0.6) is 0 Å². The molecular weight excluding hydrogens is 199 g/mol. The van der Waals surface area contributed by atoms with E-state index in [0.29, 0.717) is 0 Å². The molecule has 0 amide bonds. The van der Waals surface area contributed by atoms with Gasteiger partial charge < -0.3 is 0 Å². The van der Waals surface area contributed by atoms with E-state index in [1.165, 1.54) is 18.4 Å². The van der Waals surface area contributed by atoms with Gasteiger partial charge in [-0.2, -0.15) is 0 Å². The standard InChI is InChI=1S/C6H11I/c1-3-4-6(2)5-7/h2-5H2,1H3. The molecular formula is C6H11I. The highest BCUT2D eigenvalue weighted by Crippen LogP contribution is 2.03. The Morgan fingerprint density at radius 3 is 2.43 bits per heavy atom. The van der Waals surface area contributed by atoms with E-state index in [2.05, 4.69) is 36.1 Å². The van der Waals surface area contributed by atoms with Crippen molar-refractivity contribution in [2.45, 2.75) is 19.8 Å². The Labute approximate surface area is 59.1 Å². The van der Waals surface area contributed by atoms with Crippen molar-refractivity contribution in [3.05, 3.63) is 12.2 Å². The lowest BCUT2D eigenvalue weighted by Gasteiger charge is -1.93. The second-order valence-corrected chi connectivity index (χ2v) is 2.40. The largest absolute Gasteiger partial charge is 0.0991 e. The van der Waals surface area contributed by atoms with Crippen molar-refractivity contribution in [3.8, 4) is 0 Å². The van der Waals surface area contributed by atoms with Crippen LogP contribution in [0.2, 0.25) is 0 Å². The first-order valence-corrected chi connectivity index (χ1v) is 4.06. The van der Waals surface area contributed by atoms with Gasteiger partial charge in [-0.25, -0.2) is 0 Å². The molecule has 0 nitrogen and oxygen atoms in total. The molecule has 42 valence electrons. The molecule has 0 unspecified atom stereocenters. The molecule has 1 heteroatoms. The van der Waals surface area contributed by atoms with Gasteiger partial charge in [0.05, 0.1) is 0 Å². The quantitative estimate of drug-likeness (QED) is 0.381. The van der Waals surface area contributed by atoms with Gasteiger partial charge in [0.1, 0.15) is 0 Å². The van der Waals surface area contributed by atoms with Crippen LogP contribution in [0.15, 0.2) is 12.2 Å². The van der Waals surface area contributed by atoms with Crippen molar-refractivity contribution in [1.29, 1.82) is 0 Å². The van der Waals surface area contributed by atoms with Crippen molar-refractivity contribution >= 4 is 22.6 Å². The summed E-state index contributed by atoms with van der Waals surface area (Å²) in [5, 5.41) is 0. The summed E-state index contributed by atoms with van der Waals surface area (Å²) in [4.78, 5) is 0. The average Bonchev–Trinajstić information content (AvgIpc) is 1.68. The lowest BCUT2D eigenvalue weighted by Crippen LogP contribution is -1.77. The number of halogens is 1. The van der Waals surface area contributed by atoms with Crippen molar-refractivity contribution < 1.29 is 0 Å². The third kappa shape index (κ3) is 4.32. The SMILES string of the molecule is C=C(CI)CCC. The summed E-state index contributed by atoms with van der Waals surface area (Å²) in [6.45, 7) is 6.03. The molecule has 0 aromatic rings. The van der Waals surface area contributed by atoms with Crippen LogP contribution in [0.1, 0.15) is 19.8 Å². The summed E-state index contributed by atoms with van der Waals surface area (Å²) in [5.41, 5.74) is 1.36. The molecule has 0 saturated carbocycles. The molecule has 7 heavy (non-hydrogen) atoms. The van der Waals surface area contributed by atoms with Crippen LogP contribution in [0, 0.1) is 0 Å². The Kier molecular flexibility index (Phi) is 4.94. The fourth-order valence-corrected chi connectivity index (χ4v) is 0.802. The van der Waals surface area contributed by atoms with Crippen LogP contribution in [0.4, 0.5) is 0 Å². The van der Waals surface area contributed by atoms with Crippen LogP contribution in [0.25, 0.3) is 0 Å². The van der Waals surface area contributed by atoms with E-state index in [1.54, 1.807) is 0 Å². The second-order valence-electron chi connectivity index (χ2n) is 1.63. The highest BCUT2D eigenvalue weighted by molar-refractivity contribution is 14.1. The highest BCUT2D eigenvalue weighted by Gasteiger charge is 1.84. The summed E-state index contributed by atoms with van der Waals surface area (Å²) >= 11 is 2.34. The number of alkyl halides is 1. The molecule has 0 aliphatic rings. The van der Waals surface area contributed by atoms with Crippen LogP contribution >= 0.6 is 22.6 Å². The van der Waals surface area contributed by atoms with E-state index in [9.17, 15) is 0 Å². The van der Waals surface area contributed by atoms with E-state index in [0.717, 1.165) is 4.43 Å². The number of rotatable bonds is 3. The molecule has 0 atom stereocenters. The minimum atomic E-state index is 1.12. The Hall–Kier alpha value is 0.470. The number of hydrogen-bond acceptors (Lipinski definition) is 0. The molecule has 0 radical (unpaired) electrons. The molecule has 0 rings (SSSR count). The zero-order chi connectivity index (χ0) is 5.70. The third-order valence-electron chi connectivity index (χ3n) is 0.793. The van der Waals surface area contributed by atoms with Crippen LogP contribution in [-0.2, 0) is 0 Å². The first-order valence-electron chi connectivity index (χ1n) is 2.54. The Morgan fingerprint density at radius 2 is 2.29 bits per heavy atom. The Morgan fingerprint density at radius 1 is 1.71 bits per heavy atom. The summed E-state index contributed by atoms with van der Waals surface area (Å²) in [6, 6.07) is 0. The first kappa shape index (κ1) is 7.47. The van der Waals surface area contributed by atoms with Crippen LogP contribution < -0.4 is 0 Å². The fraction of sp³-hybridized carbons (Fsp3) is 0.667. The van der Waals surface area contributed by atoms with Gasteiger partial charge in [0.25, 0.3) is 0 Å². The monoisotopic (exact) mass is 210 g/mol. The van der Waals surface area contributed by atoms with Gasteiger partial charge in [-0.05, 0) is 6.42 Å². The highest BCUT2D eigenvalue weighted by atomic mass is 127. The molecule has 0 aliphatic carbocycles. The van der Waals surface area contributed by atoms with Gasteiger partial charge in [-0.1, -0.05) is 48.1 Å². The molecule has 0 heterocycles. The minimum absolute atomic E-state index is 1.12. The van der Waals surface area contributed by atoms with Crippen molar-refractivity contribution in [1.82, 2.24) is 0 Å². The zero-order valence-corrected chi connectivity index (χ0v) is 6.86. The van der Waals surface area contributed by atoms with Crippen molar-refractivity contribution in [2.24, 2.45) is 0 Å². The van der Waals surface area contributed by atoms with E-state index in [4.69, 9.17) is 0 Å². The predicted octanol–water partition coefficient (Wildman–Crippen LogP) is 2.78. The zero-order valence-electron chi connectivity index (χ0n) is 4.71. The molecule has 0 aromatic carbocycles.